The van der Waals surface area contributed by atoms with Gasteiger partial charge in [0.2, 0.25) is 15.9 Å². The first-order valence-corrected chi connectivity index (χ1v) is 10.5. The number of aromatic nitrogens is 1. The summed E-state index contributed by atoms with van der Waals surface area (Å²) < 4.78 is 32.2. The number of amides is 2. The SMILES string of the molecule is CC(=O)Nc1cc(C(=O)Nc2cc(S(=O)(=O)N3CCOCC3)ccc2Cl)ccn1. The number of sulfonamides is 1. The molecule has 2 amide bonds. The molecule has 1 fully saturated rings. The first-order chi connectivity index (χ1) is 13.8. The van der Waals surface area contributed by atoms with Crippen LogP contribution in [0.3, 0.4) is 0 Å². The van der Waals surface area contributed by atoms with E-state index in [9.17, 15) is 18.0 Å². The number of rotatable bonds is 5. The van der Waals surface area contributed by atoms with E-state index in [-0.39, 0.29) is 46.0 Å². The van der Waals surface area contributed by atoms with Crippen LogP contribution in [0.5, 0.6) is 0 Å². The lowest BCUT2D eigenvalue weighted by atomic mass is 10.2. The van der Waals surface area contributed by atoms with Crippen LogP contribution in [0.25, 0.3) is 0 Å². The van der Waals surface area contributed by atoms with Crippen molar-refractivity contribution in [2.45, 2.75) is 11.8 Å². The number of carbonyl (C=O) groups excluding carboxylic acids is 2. The minimum absolute atomic E-state index is 0.0211. The van der Waals surface area contributed by atoms with Crippen molar-refractivity contribution in [3.63, 3.8) is 0 Å². The molecule has 0 atom stereocenters. The fraction of sp³-hybridized carbons (Fsp3) is 0.278. The Labute approximate surface area is 173 Å². The summed E-state index contributed by atoms with van der Waals surface area (Å²) >= 11 is 6.15. The average molecular weight is 439 g/mol. The molecular formula is C18H19ClN4O5S. The molecule has 0 aliphatic carbocycles. The van der Waals surface area contributed by atoms with Crippen molar-refractivity contribution in [2.75, 3.05) is 36.9 Å². The van der Waals surface area contributed by atoms with Crippen LogP contribution in [0.1, 0.15) is 17.3 Å². The highest BCUT2D eigenvalue weighted by Gasteiger charge is 2.27. The molecule has 1 aliphatic heterocycles. The summed E-state index contributed by atoms with van der Waals surface area (Å²) in [4.78, 5) is 27.7. The van der Waals surface area contributed by atoms with Gasteiger partial charge in [0.05, 0.1) is 28.8 Å². The summed E-state index contributed by atoms with van der Waals surface area (Å²) in [5, 5.41) is 5.28. The molecule has 2 aromatic rings. The Kier molecular flexibility index (Phi) is 6.48. The molecule has 2 heterocycles. The molecule has 1 aliphatic rings. The highest BCUT2D eigenvalue weighted by atomic mass is 35.5. The fourth-order valence-electron chi connectivity index (χ4n) is 2.71. The molecule has 11 heteroatoms. The molecule has 1 saturated heterocycles. The predicted octanol–water partition coefficient (Wildman–Crippen LogP) is 1.97. The average Bonchev–Trinajstić information content (AvgIpc) is 2.70. The van der Waals surface area contributed by atoms with E-state index in [1.165, 1.54) is 47.8 Å². The lowest BCUT2D eigenvalue weighted by Crippen LogP contribution is -2.40. The summed E-state index contributed by atoms with van der Waals surface area (Å²) in [7, 11) is -3.74. The van der Waals surface area contributed by atoms with Crippen LogP contribution in [-0.4, -0.2) is 55.8 Å². The van der Waals surface area contributed by atoms with Crippen LogP contribution in [-0.2, 0) is 19.6 Å². The van der Waals surface area contributed by atoms with Crippen LogP contribution in [0.15, 0.2) is 41.4 Å². The fourth-order valence-corrected chi connectivity index (χ4v) is 4.31. The minimum Gasteiger partial charge on any atom is -0.379 e. The standard InChI is InChI=1S/C18H19ClN4O5S/c1-12(24)21-17-10-13(4-5-20-17)18(25)22-16-11-14(2-3-15(16)19)29(26,27)23-6-8-28-9-7-23/h2-5,10-11H,6-9H2,1H3,(H,22,25)(H,20,21,24). The van der Waals surface area contributed by atoms with Gasteiger partial charge in [-0.15, -0.1) is 0 Å². The first kappa shape index (κ1) is 21.2. The summed E-state index contributed by atoms with van der Waals surface area (Å²) in [6, 6.07) is 6.99. The monoisotopic (exact) mass is 438 g/mol. The molecule has 1 aromatic heterocycles. The zero-order valence-corrected chi connectivity index (χ0v) is 17.1. The molecule has 0 radical (unpaired) electrons. The van der Waals surface area contributed by atoms with E-state index in [1.54, 1.807) is 0 Å². The predicted molar refractivity (Wildman–Crippen MR) is 108 cm³/mol. The Hall–Kier alpha value is -2.53. The number of benzene rings is 1. The molecule has 3 rings (SSSR count). The van der Waals surface area contributed by atoms with Crippen molar-refractivity contribution in [3.8, 4) is 0 Å². The third-order valence-corrected chi connectivity index (χ3v) is 6.34. The van der Waals surface area contributed by atoms with Crippen LogP contribution >= 0.6 is 11.6 Å². The van der Waals surface area contributed by atoms with E-state index >= 15 is 0 Å². The minimum atomic E-state index is -3.74. The normalized spacial score (nSPS) is 15.0. The molecule has 0 unspecified atom stereocenters. The third kappa shape index (κ3) is 5.10. The Morgan fingerprint density at radius 1 is 1.14 bits per heavy atom. The van der Waals surface area contributed by atoms with Crippen molar-refractivity contribution in [1.82, 2.24) is 9.29 Å². The Bertz CT molecular complexity index is 1040. The van der Waals surface area contributed by atoms with E-state index < -0.39 is 15.9 Å². The van der Waals surface area contributed by atoms with Crippen LogP contribution in [0.4, 0.5) is 11.5 Å². The summed E-state index contributed by atoms with van der Waals surface area (Å²) in [6.45, 7) is 2.50. The molecule has 0 saturated carbocycles. The van der Waals surface area contributed by atoms with Gasteiger partial charge in [0, 0.05) is 31.8 Å². The number of carbonyl (C=O) groups is 2. The van der Waals surface area contributed by atoms with Gasteiger partial charge in [-0.2, -0.15) is 4.31 Å². The Morgan fingerprint density at radius 2 is 1.86 bits per heavy atom. The van der Waals surface area contributed by atoms with Gasteiger partial charge >= 0.3 is 0 Å². The number of hydrogen-bond acceptors (Lipinski definition) is 6. The first-order valence-electron chi connectivity index (χ1n) is 8.70. The van der Waals surface area contributed by atoms with Crippen molar-refractivity contribution >= 4 is 44.9 Å². The van der Waals surface area contributed by atoms with E-state index in [1.807, 2.05) is 0 Å². The molecule has 1 aromatic carbocycles. The van der Waals surface area contributed by atoms with Crippen molar-refractivity contribution in [1.29, 1.82) is 0 Å². The maximum Gasteiger partial charge on any atom is 0.255 e. The van der Waals surface area contributed by atoms with Gasteiger partial charge < -0.3 is 15.4 Å². The van der Waals surface area contributed by atoms with Gasteiger partial charge in [-0.05, 0) is 30.3 Å². The van der Waals surface area contributed by atoms with E-state index in [4.69, 9.17) is 16.3 Å². The lowest BCUT2D eigenvalue weighted by Gasteiger charge is -2.26. The van der Waals surface area contributed by atoms with Gasteiger partial charge in [0.25, 0.3) is 5.91 Å². The third-order valence-electron chi connectivity index (χ3n) is 4.12. The van der Waals surface area contributed by atoms with Gasteiger partial charge in [-0.3, -0.25) is 9.59 Å². The number of nitrogens with one attached hydrogen (secondary N) is 2. The number of morpholine rings is 1. The van der Waals surface area contributed by atoms with Crippen LogP contribution < -0.4 is 10.6 Å². The highest BCUT2D eigenvalue weighted by Crippen LogP contribution is 2.28. The van der Waals surface area contributed by atoms with Gasteiger partial charge in [-0.25, -0.2) is 13.4 Å². The van der Waals surface area contributed by atoms with Crippen molar-refractivity contribution in [2.24, 2.45) is 0 Å². The number of halogens is 1. The molecule has 9 nitrogen and oxygen atoms in total. The quantitative estimate of drug-likeness (QED) is 0.736. The van der Waals surface area contributed by atoms with E-state index in [0.717, 1.165) is 0 Å². The van der Waals surface area contributed by atoms with Gasteiger partial charge in [-0.1, -0.05) is 11.6 Å². The number of ether oxygens (including phenoxy) is 1. The Balaban J connectivity index is 1.83. The second kappa shape index (κ2) is 8.87. The molecule has 29 heavy (non-hydrogen) atoms. The highest BCUT2D eigenvalue weighted by molar-refractivity contribution is 7.89. The van der Waals surface area contributed by atoms with Crippen LogP contribution in [0.2, 0.25) is 5.02 Å². The van der Waals surface area contributed by atoms with E-state index in [0.29, 0.717) is 13.2 Å². The zero-order chi connectivity index (χ0) is 21.0. The number of anilines is 2. The molecule has 0 bridgehead atoms. The molecular weight excluding hydrogens is 420 g/mol. The maximum absolute atomic E-state index is 12.8. The van der Waals surface area contributed by atoms with Crippen LogP contribution in [0, 0.1) is 0 Å². The molecule has 0 spiro atoms. The maximum atomic E-state index is 12.8. The second-order valence-corrected chi connectivity index (χ2v) is 8.57. The van der Waals surface area contributed by atoms with E-state index in [2.05, 4.69) is 15.6 Å². The topological polar surface area (TPSA) is 118 Å². The lowest BCUT2D eigenvalue weighted by molar-refractivity contribution is -0.114. The Morgan fingerprint density at radius 3 is 2.55 bits per heavy atom. The summed E-state index contributed by atoms with van der Waals surface area (Å²) in [6.07, 6.45) is 1.38. The summed E-state index contributed by atoms with van der Waals surface area (Å²) in [5.41, 5.74) is 0.380. The molecule has 154 valence electrons. The number of hydrogen-bond donors (Lipinski definition) is 2. The number of pyridine rings is 1. The molecule has 2 N–H and O–H groups in total. The van der Waals surface area contributed by atoms with Crippen molar-refractivity contribution in [3.05, 3.63) is 47.1 Å². The summed E-state index contributed by atoms with van der Waals surface area (Å²) in [5.74, 6) is -0.624. The zero-order valence-electron chi connectivity index (χ0n) is 15.5. The smallest absolute Gasteiger partial charge is 0.255 e. The number of nitrogens with zero attached hydrogens (tertiary/aromatic N) is 2. The van der Waals surface area contributed by atoms with Crippen molar-refractivity contribution < 1.29 is 22.7 Å². The van der Waals surface area contributed by atoms with Gasteiger partial charge in [0.15, 0.2) is 0 Å². The second-order valence-electron chi connectivity index (χ2n) is 6.22. The van der Waals surface area contributed by atoms with Gasteiger partial charge in [0.1, 0.15) is 5.82 Å². The largest absolute Gasteiger partial charge is 0.379 e.